The first-order valence-corrected chi connectivity index (χ1v) is 11.8. The second-order valence-corrected chi connectivity index (χ2v) is 9.60. The molecule has 29 heavy (non-hydrogen) atoms. The van der Waals surface area contributed by atoms with Crippen molar-refractivity contribution in [2.75, 3.05) is 11.1 Å². The first kappa shape index (κ1) is 17.3. The van der Waals surface area contributed by atoms with E-state index in [0.29, 0.717) is 16.1 Å². The number of aryl methyl sites for hydroxylation is 2. The SMILES string of the molecule is O=C(CSc1nnc2n3ncnc3c3c4c(sc3n12)CCCC4)Nc1nccs1. The Bertz CT molecular complexity index is 1370. The van der Waals surface area contributed by atoms with E-state index in [1.54, 1.807) is 28.4 Å². The lowest BCUT2D eigenvalue weighted by atomic mass is 9.97. The molecule has 5 aromatic rings. The van der Waals surface area contributed by atoms with Gasteiger partial charge in [-0.1, -0.05) is 11.8 Å². The van der Waals surface area contributed by atoms with E-state index < -0.39 is 0 Å². The van der Waals surface area contributed by atoms with Crippen LogP contribution in [0.25, 0.3) is 21.6 Å². The summed E-state index contributed by atoms with van der Waals surface area (Å²) in [7, 11) is 0. The van der Waals surface area contributed by atoms with E-state index >= 15 is 0 Å². The van der Waals surface area contributed by atoms with Crippen molar-refractivity contribution < 1.29 is 4.79 Å². The van der Waals surface area contributed by atoms with E-state index in [2.05, 4.69) is 30.6 Å². The Labute approximate surface area is 176 Å². The highest BCUT2D eigenvalue weighted by atomic mass is 32.2. The van der Waals surface area contributed by atoms with Crippen LogP contribution in [0.1, 0.15) is 23.3 Å². The number of thioether (sulfide) groups is 1. The first-order chi connectivity index (χ1) is 14.3. The second kappa shape index (κ2) is 6.75. The number of fused-ring (bicyclic) bond motifs is 8. The van der Waals surface area contributed by atoms with Gasteiger partial charge in [0.1, 0.15) is 11.2 Å². The van der Waals surface area contributed by atoms with Crippen molar-refractivity contribution in [2.45, 2.75) is 30.8 Å². The molecule has 1 aliphatic carbocycles. The maximum atomic E-state index is 12.3. The van der Waals surface area contributed by atoms with Gasteiger partial charge in [0.25, 0.3) is 5.78 Å². The molecule has 0 saturated carbocycles. The van der Waals surface area contributed by atoms with Crippen LogP contribution in [0, 0.1) is 0 Å². The molecule has 1 aliphatic rings. The number of carbonyl (C=O) groups excluding carboxylic acids is 1. The van der Waals surface area contributed by atoms with E-state index in [1.165, 1.54) is 46.4 Å². The molecule has 6 rings (SSSR count). The van der Waals surface area contributed by atoms with Gasteiger partial charge in [-0.25, -0.2) is 14.4 Å². The molecule has 0 spiro atoms. The third-order valence-electron chi connectivity index (χ3n) is 4.94. The molecule has 0 unspecified atom stereocenters. The number of hydrogen-bond donors (Lipinski definition) is 1. The summed E-state index contributed by atoms with van der Waals surface area (Å²) in [5.74, 6) is 0.721. The molecule has 146 valence electrons. The molecule has 9 nitrogen and oxygen atoms in total. The van der Waals surface area contributed by atoms with Crippen molar-refractivity contribution in [2.24, 2.45) is 0 Å². The van der Waals surface area contributed by atoms with Crippen molar-refractivity contribution in [3.05, 3.63) is 28.3 Å². The molecule has 0 aromatic carbocycles. The van der Waals surface area contributed by atoms with Gasteiger partial charge in [0, 0.05) is 16.5 Å². The summed E-state index contributed by atoms with van der Waals surface area (Å²) in [5.41, 5.74) is 2.21. The maximum Gasteiger partial charge on any atom is 0.260 e. The fourth-order valence-electron chi connectivity index (χ4n) is 3.74. The number of nitrogens with zero attached hydrogens (tertiary/aromatic N) is 7. The highest BCUT2D eigenvalue weighted by Crippen LogP contribution is 2.39. The Balaban J connectivity index is 1.45. The predicted octanol–water partition coefficient (Wildman–Crippen LogP) is 3.05. The number of amides is 1. The summed E-state index contributed by atoms with van der Waals surface area (Å²) in [6.07, 6.45) is 7.79. The van der Waals surface area contributed by atoms with Crippen molar-refractivity contribution in [1.29, 1.82) is 0 Å². The van der Waals surface area contributed by atoms with E-state index in [0.717, 1.165) is 28.7 Å². The van der Waals surface area contributed by atoms with E-state index in [-0.39, 0.29) is 11.7 Å². The Kier molecular flexibility index (Phi) is 4.03. The summed E-state index contributed by atoms with van der Waals surface area (Å²) in [6, 6.07) is 0. The zero-order valence-corrected chi connectivity index (χ0v) is 17.5. The van der Waals surface area contributed by atoms with Gasteiger partial charge < -0.3 is 5.32 Å². The fraction of sp³-hybridized carbons (Fsp3) is 0.294. The second-order valence-electron chi connectivity index (χ2n) is 6.68. The predicted molar refractivity (Wildman–Crippen MR) is 113 cm³/mol. The van der Waals surface area contributed by atoms with Crippen LogP contribution >= 0.6 is 34.4 Å². The summed E-state index contributed by atoms with van der Waals surface area (Å²) in [4.78, 5) is 23.4. The van der Waals surface area contributed by atoms with E-state index in [9.17, 15) is 4.79 Å². The molecule has 5 aromatic heterocycles. The van der Waals surface area contributed by atoms with E-state index in [4.69, 9.17) is 0 Å². The third-order valence-corrected chi connectivity index (χ3v) is 7.84. The lowest BCUT2D eigenvalue weighted by molar-refractivity contribution is -0.113. The van der Waals surface area contributed by atoms with Gasteiger partial charge in [-0.15, -0.1) is 32.9 Å². The van der Waals surface area contributed by atoms with Gasteiger partial charge in [0.15, 0.2) is 15.9 Å². The standard InChI is InChI=1S/C17H14N8OS3/c26-11(21-15-18-5-6-27-15)7-28-17-23-22-16-24(17)14-12(13-19-8-20-25(13)16)9-3-1-2-4-10(9)29-14/h5-6,8H,1-4,7H2,(H,18,21,26). The summed E-state index contributed by atoms with van der Waals surface area (Å²) in [5, 5.41) is 20.1. The van der Waals surface area contributed by atoms with Crippen molar-refractivity contribution >= 4 is 67.1 Å². The van der Waals surface area contributed by atoms with Crippen LogP contribution in [0.2, 0.25) is 0 Å². The molecule has 0 atom stereocenters. The van der Waals surface area contributed by atoms with Crippen LogP contribution in [-0.2, 0) is 17.6 Å². The summed E-state index contributed by atoms with van der Waals surface area (Å²) < 4.78 is 3.76. The van der Waals surface area contributed by atoms with Crippen LogP contribution in [0.15, 0.2) is 23.1 Å². The van der Waals surface area contributed by atoms with Crippen LogP contribution in [-0.4, -0.2) is 45.8 Å². The van der Waals surface area contributed by atoms with Gasteiger partial charge in [0.05, 0.1) is 11.1 Å². The van der Waals surface area contributed by atoms with E-state index in [1.807, 2.05) is 9.78 Å². The Morgan fingerprint density at radius 3 is 3.07 bits per heavy atom. The Morgan fingerprint density at radius 1 is 1.24 bits per heavy atom. The highest BCUT2D eigenvalue weighted by molar-refractivity contribution is 7.99. The largest absolute Gasteiger partial charge is 0.301 e. The van der Waals surface area contributed by atoms with Gasteiger partial charge >= 0.3 is 0 Å². The number of thiazole rings is 1. The number of nitrogens with one attached hydrogen (secondary N) is 1. The zero-order valence-electron chi connectivity index (χ0n) is 15.0. The highest BCUT2D eigenvalue weighted by Gasteiger charge is 2.24. The molecule has 0 saturated heterocycles. The molecule has 0 bridgehead atoms. The number of rotatable bonds is 4. The number of thiophene rings is 1. The van der Waals surface area contributed by atoms with Crippen LogP contribution in [0.4, 0.5) is 5.13 Å². The summed E-state index contributed by atoms with van der Waals surface area (Å²) >= 11 is 4.54. The fourth-order valence-corrected chi connectivity index (χ4v) is 6.46. The van der Waals surface area contributed by atoms with Crippen LogP contribution in [0.3, 0.4) is 0 Å². The zero-order chi connectivity index (χ0) is 19.4. The molecular weight excluding hydrogens is 428 g/mol. The monoisotopic (exact) mass is 442 g/mol. The topological polar surface area (TPSA) is 102 Å². The minimum Gasteiger partial charge on any atom is -0.301 e. The molecule has 12 heteroatoms. The van der Waals surface area contributed by atoms with Crippen molar-refractivity contribution in [1.82, 2.24) is 34.2 Å². The molecule has 1 amide bonds. The minimum absolute atomic E-state index is 0.120. The lowest BCUT2D eigenvalue weighted by Gasteiger charge is -2.10. The van der Waals surface area contributed by atoms with Gasteiger partial charge in [-0.05, 0) is 31.2 Å². The van der Waals surface area contributed by atoms with Crippen LogP contribution in [0.5, 0.6) is 0 Å². The maximum absolute atomic E-state index is 12.3. The number of anilines is 1. The summed E-state index contributed by atoms with van der Waals surface area (Å²) in [6.45, 7) is 0. The first-order valence-electron chi connectivity index (χ1n) is 9.13. The minimum atomic E-state index is -0.120. The smallest absolute Gasteiger partial charge is 0.260 e. The van der Waals surface area contributed by atoms with Crippen LogP contribution < -0.4 is 5.32 Å². The molecule has 0 radical (unpaired) electrons. The normalized spacial score (nSPS) is 14.1. The van der Waals surface area contributed by atoms with Crippen molar-refractivity contribution in [3.63, 3.8) is 0 Å². The quantitative estimate of drug-likeness (QED) is 0.427. The lowest BCUT2D eigenvalue weighted by Crippen LogP contribution is -2.14. The molecule has 0 aliphatic heterocycles. The average Bonchev–Trinajstić information content (AvgIpc) is 3.49. The average molecular weight is 443 g/mol. The van der Waals surface area contributed by atoms with Crippen molar-refractivity contribution in [3.8, 4) is 0 Å². The molecule has 0 fully saturated rings. The Morgan fingerprint density at radius 2 is 2.17 bits per heavy atom. The van der Waals surface area contributed by atoms with Gasteiger partial charge in [0.2, 0.25) is 5.91 Å². The Hall–Kier alpha value is -2.57. The molecule has 1 N–H and O–H groups in total. The number of hydrogen-bond acceptors (Lipinski definition) is 9. The van der Waals surface area contributed by atoms with Gasteiger partial charge in [-0.2, -0.15) is 9.61 Å². The number of aromatic nitrogens is 7. The molecule has 5 heterocycles. The number of carbonyl (C=O) groups is 1. The third kappa shape index (κ3) is 2.74. The molecular formula is C17H14N8OS3. The van der Waals surface area contributed by atoms with Gasteiger partial charge in [-0.3, -0.25) is 4.79 Å².